The normalized spacial score (nSPS) is 15.1. The molecule has 0 spiro atoms. The van der Waals surface area contributed by atoms with Gasteiger partial charge in [0.2, 0.25) is 11.2 Å². The van der Waals surface area contributed by atoms with Crippen molar-refractivity contribution in [2.45, 2.75) is 72.0 Å². The summed E-state index contributed by atoms with van der Waals surface area (Å²) in [7, 11) is 0. The van der Waals surface area contributed by atoms with Crippen LogP contribution in [0.2, 0.25) is 0 Å². The van der Waals surface area contributed by atoms with Crippen LogP contribution in [0.1, 0.15) is 57.7 Å². The lowest BCUT2D eigenvalue weighted by molar-refractivity contribution is 0.0856. The summed E-state index contributed by atoms with van der Waals surface area (Å²) >= 11 is 0. The minimum atomic E-state index is -0.820. The largest absolute Gasteiger partial charge is 0.508 e. The van der Waals surface area contributed by atoms with Gasteiger partial charge in [0.15, 0.2) is 5.76 Å². The molecule has 7 nitrogen and oxygen atoms in total. The molecule has 1 aliphatic rings. The maximum absolute atomic E-state index is 13.6. The fourth-order valence-corrected chi connectivity index (χ4v) is 4.54. The van der Waals surface area contributed by atoms with E-state index < -0.39 is 22.9 Å². The molecule has 4 N–H and O–H groups in total. The van der Waals surface area contributed by atoms with Gasteiger partial charge in [0.05, 0.1) is 6.10 Å². The molecule has 0 amide bonds. The van der Waals surface area contributed by atoms with Crippen molar-refractivity contribution in [2.75, 3.05) is 0 Å². The van der Waals surface area contributed by atoms with Gasteiger partial charge in [0.1, 0.15) is 33.8 Å². The summed E-state index contributed by atoms with van der Waals surface area (Å²) in [5.41, 5.74) is 2.20. The number of ether oxygens (including phenoxy) is 1. The van der Waals surface area contributed by atoms with Crippen molar-refractivity contribution in [1.82, 2.24) is 0 Å². The monoisotopic (exact) mass is 506 g/mol. The first-order valence-corrected chi connectivity index (χ1v) is 12.3. The average molecular weight is 507 g/mol. The highest BCUT2D eigenvalue weighted by Crippen LogP contribution is 2.47. The predicted molar refractivity (Wildman–Crippen MR) is 144 cm³/mol. The van der Waals surface area contributed by atoms with Crippen LogP contribution in [0.3, 0.4) is 0 Å². The third-order valence-electron chi connectivity index (χ3n) is 6.83. The summed E-state index contributed by atoms with van der Waals surface area (Å²) in [6.45, 7) is 13.1. The molecule has 1 atom stereocenters. The zero-order chi connectivity index (χ0) is 27.2. The molecule has 7 heteroatoms. The Morgan fingerprint density at radius 3 is 2.49 bits per heavy atom. The summed E-state index contributed by atoms with van der Waals surface area (Å²) < 4.78 is 12.3. The molecule has 2 aromatic carbocycles. The van der Waals surface area contributed by atoms with E-state index in [-0.39, 0.29) is 46.0 Å². The third kappa shape index (κ3) is 4.96. The number of aromatic hydroxyl groups is 3. The van der Waals surface area contributed by atoms with Gasteiger partial charge in [0.25, 0.3) is 0 Å². The van der Waals surface area contributed by atoms with Crippen molar-refractivity contribution in [3.63, 3.8) is 0 Å². The van der Waals surface area contributed by atoms with Crippen LogP contribution in [0.5, 0.6) is 23.0 Å². The summed E-state index contributed by atoms with van der Waals surface area (Å²) in [4.78, 5) is 13.6. The van der Waals surface area contributed by atoms with Gasteiger partial charge in [-0.15, -0.1) is 0 Å². The van der Waals surface area contributed by atoms with Crippen molar-refractivity contribution in [1.29, 1.82) is 0 Å². The average Bonchev–Trinajstić information content (AvgIpc) is 2.81. The molecule has 4 rings (SSSR count). The maximum atomic E-state index is 13.6. The topological polar surface area (TPSA) is 120 Å². The summed E-state index contributed by atoms with van der Waals surface area (Å²) in [6.07, 6.45) is 2.75. The number of benzene rings is 2. The van der Waals surface area contributed by atoms with E-state index in [1.54, 1.807) is 19.1 Å². The van der Waals surface area contributed by atoms with Crippen molar-refractivity contribution in [2.24, 2.45) is 0 Å². The molecule has 0 saturated carbocycles. The van der Waals surface area contributed by atoms with E-state index in [0.717, 1.165) is 5.57 Å². The standard InChI is InChI=1S/C30H34O7/c1-15(2)7-10-19-24(33)20-11-12-30(5,6)37-29(20)23-25(34)26(35)27(36-28(19)23)18-9-8-17(22(32)14-18)13-21(31)16(3)4/h7-9,14,21,31-33,35H,3,10-13H2,1-2,4-6H3/t21-/m0/s1. The number of fused-ring (bicyclic) bond motifs is 3. The number of aliphatic hydroxyl groups is 1. The van der Waals surface area contributed by atoms with E-state index >= 15 is 0 Å². The zero-order valence-corrected chi connectivity index (χ0v) is 21.9. The lowest BCUT2D eigenvalue weighted by Crippen LogP contribution is -2.33. The molecule has 0 aliphatic carbocycles. The first-order chi connectivity index (χ1) is 17.3. The second kappa shape index (κ2) is 9.63. The fraction of sp³-hybridized carbons (Fsp3) is 0.367. The lowest BCUT2D eigenvalue weighted by atomic mass is 9.89. The first-order valence-electron chi connectivity index (χ1n) is 12.3. The number of rotatable bonds is 6. The van der Waals surface area contributed by atoms with Crippen LogP contribution in [0.15, 0.2) is 51.2 Å². The number of phenolic OH excluding ortho intramolecular Hbond substituents is 2. The Hall–Kier alpha value is -3.71. The lowest BCUT2D eigenvalue weighted by Gasteiger charge is -2.34. The minimum absolute atomic E-state index is 0.0160. The molecular weight excluding hydrogens is 472 g/mol. The molecule has 37 heavy (non-hydrogen) atoms. The van der Waals surface area contributed by atoms with E-state index in [1.807, 2.05) is 33.8 Å². The van der Waals surface area contributed by atoms with Crippen LogP contribution in [0.25, 0.3) is 22.3 Å². The second-order valence-corrected chi connectivity index (χ2v) is 10.7. The van der Waals surface area contributed by atoms with Crippen LogP contribution in [0.4, 0.5) is 0 Å². The molecule has 1 aliphatic heterocycles. The van der Waals surface area contributed by atoms with Crippen molar-refractivity contribution >= 4 is 11.0 Å². The van der Waals surface area contributed by atoms with Crippen molar-refractivity contribution in [3.8, 4) is 34.3 Å². The van der Waals surface area contributed by atoms with Crippen LogP contribution in [-0.4, -0.2) is 32.1 Å². The smallest absolute Gasteiger partial charge is 0.238 e. The van der Waals surface area contributed by atoms with Gasteiger partial charge in [-0.1, -0.05) is 35.9 Å². The Labute approximate surface area is 216 Å². The molecule has 0 bridgehead atoms. The Morgan fingerprint density at radius 2 is 1.86 bits per heavy atom. The van der Waals surface area contributed by atoms with E-state index in [4.69, 9.17) is 9.15 Å². The second-order valence-electron chi connectivity index (χ2n) is 10.7. The summed E-state index contributed by atoms with van der Waals surface area (Å²) in [6, 6.07) is 4.57. The molecule has 0 saturated heterocycles. The van der Waals surface area contributed by atoms with Gasteiger partial charge in [-0.25, -0.2) is 0 Å². The van der Waals surface area contributed by atoms with Gasteiger partial charge in [-0.3, -0.25) is 4.79 Å². The molecule has 0 unspecified atom stereocenters. The molecule has 3 aromatic rings. The Balaban J connectivity index is 1.97. The van der Waals surface area contributed by atoms with Gasteiger partial charge < -0.3 is 29.6 Å². The summed E-state index contributed by atoms with van der Waals surface area (Å²) in [5, 5.41) is 43.0. The SMILES string of the molecule is C=C(C)[C@@H](O)Cc1ccc(-c2oc3c(CC=C(C)C)c(O)c4c(c3c(=O)c2O)OC(C)(C)CC4)cc1O. The van der Waals surface area contributed by atoms with Crippen molar-refractivity contribution in [3.05, 3.63) is 68.9 Å². The van der Waals surface area contributed by atoms with Gasteiger partial charge >= 0.3 is 0 Å². The molecule has 196 valence electrons. The van der Waals surface area contributed by atoms with Gasteiger partial charge in [-0.2, -0.15) is 0 Å². The van der Waals surface area contributed by atoms with Gasteiger partial charge in [0, 0.05) is 23.1 Å². The van der Waals surface area contributed by atoms with Crippen LogP contribution in [0, 0.1) is 0 Å². The molecule has 1 aromatic heterocycles. The number of aliphatic hydroxyl groups excluding tert-OH is 1. The van der Waals surface area contributed by atoms with Crippen LogP contribution < -0.4 is 10.2 Å². The highest BCUT2D eigenvalue weighted by molar-refractivity contribution is 5.93. The highest BCUT2D eigenvalue weighted by atomic mass is 16.5. The van der Waals surface area contributed by atoms with Crippen LogP contribution >= 0.6 is 0 Å². The number of allylic oxidation sites excluding steroid dienone is 2. The maximum Gasteiger partial charge on any atom is 0.238 e. The van der Waals surface area contributed by atoms with E-state index in [0.29, 0.717) is 41.5 Å². The van der Waals surface area contributed by atoms with Crippen LogP contribution in [-0.2, 0) is 19.3 Å². The number of hydrogen-bond donors (Lipinski definition) is 4. The van der Waals surface area contributed by atoms with E-state index in [9.17, 15) is 25.2 Å². The highest BCUT2D eigenvalue weighted by Gasteiger charge is 2.34. The van der Waals surface area contributed by atoms with E-state index in [1.165, 1.54) is 6.07 Å². The number of hydrogen-bond acceptors (Lipinski definition) is 7. The molecular formula is C30H34O7. The Morgan fingerprint density at radius 1 is 1.16 bits per heavy atom. The third-order valence-corrected chi connectivity index (χ3v) is 6.83. The minimum Gasteiger partial charge on any atom is -0.508 e. The summed E-state index contributed by atoms with van der Waals surface area (Å²) in [5.74, 6) is -0.625. The zero-order valence-electron chi connectivity index (χ0n) is 21.9. The van der Waals surface area contributed by atoms with Crippen molar-refractivity contribution < 1.29 is 29.6 Å². The van der Waals surface area contributed by atoms with E-state index in [2.05, 4.69) is 6.58 Å². The quantitative estimate of drug-likeness (QED) is 0.318. The van der Waals surface area contributed by atoms with Gasteiger partial charge in [-0.05, 0) is 65.5 Å². The molecule has 0 fully saturated rings. The number of phenols is 2. The predicted octanol–water partition coefficient (Wildman–Crippen LogP) is 5.67. The molecule has 2 heterocycles. The fourth-order valence-electron chi connectivity index (χ4n) is 4.54. The molecule has 0 radical (unpaired) electrons. The first kappa shape index (κ1) is 26.4. The Kier molecular flexibility index (Phi) is 6.86. The Bertz CT molecular complexity index is 1490.